The van der Waals surface area contributed by atoms with Crippen molar-refractivity contribution in [3.63, 3.8) is 0 Å². The van der Waals surface area contributed by atoms with Gasteiger partial charge in [0.2, 0.25) is 23.5 Å². The largest absolute Gasteiger partial charge is 0.502 e. The van der Waals surface area contributed by atoms with E-state index in [0.717, 1.165) is 6.07 Å². The number of fused-ring (bicyclic) bond motifs is 1. The molecule has 3 rings (SSSR count). The maximum absolute atomic E-state index is 11.4. The molecule has 2 heterocycles. The minimum absolute atomic E-state index is 0.00119. The van der Waals surface area contributed by atoms with Crippen LogP contribution >= 0.6 is 0 Å². The molecule has 6 N–H and O–H groups in total. The summed E-state index contributed by atoms with van der Waals surface area (Å²) in [6, 6.07) is 2.25. The molecule has 0 radical (unpaired) electrons. The van der Waals surface area contributed by atoms with Crippen LogP contribution in [0.3, 0.4) is 0 Å². The monoisotopic (exact) mass is 386 g/mol. The van der Waals surface area contributed by atoms with Crippen LogP contribution in [0, 0.1) is 0 Å². The number of hydrogen-bond donors (Lipinski definition) is 6. The Morgan fingerprint density at radius 2 is 1.74 bits per heavy atom. The van der Waals surface area contributed by atoms with Crippen LogP contribution in [0.2, 0.25) is 0 Å². The van der Waals surface area contributed by atoms with Gasteiger partial charge in [0.1, 0.15) is 24.4 Å². The SMILES string of the molecule is COc1c(O)c(O)c2oc(=O)ccc2c1OC1OC(CO)C(O)C(O)C1O. The van der Waals surface area contributed by atoms with Gasteiger partial charge in [-0.25, -0.2) is 4.79 Å². The van der Waals surface area contributed by atoms with Crippen LogP contribution in [0.5, 0.6) is 23.0 Å². The third-order valence-electron chi connectivity index (χ3n) is 4.23. The summed E-state index contributed by atoms with van der Waals surface area (Å²) in [6.07, 6.45) is -7.83. The summed E-state index contributed by atoms with van der Waals surface area (Å²) >= 11 is 0. The molecule has 27 heavy (non-hydrogen) atoms. The van der Waals surface area contributed by atoms with Crippen LogP contribution in [0.25, 0.3) is 11.0 Å². The molecule has 0 spiro atoms. The number of aliphatic hydroxyl groups is 4. The summed E-state index contributed by atoms with van der Waals surface area (Å²) in [7, 11) is 1.17. The molecule has 0 aliphatic carbocycles. The van der Waals surface area contributed by atoms with Gasteiger partial charge in [0.15, 0.2) is 11.3 Å². The van der Waals surface area contributed by atoms with Crippen LogP contribution in [0.1, 0.15) is 0 Å². The van der Waals surface area contributed by atoms with Crippen molar-refractivity contribution >= 4 is 11.0 Å². The second kappa shape index (κ2) is 7.21. The van der Waals surface area contributed by atoms with E-state index in [1.54, 1.807) is 0 Å². The molecule has 1 aromatic heterocycles. The van der Waals surface area contributed by atoms with E-state index in [1.807, 2.05) is 0 Å². The zero-order chi connectivity index (χ0) is 19.9. The van der Waals surface area contributed by atoms with Crippen molar-refractivity contribution in [3.8, 4) is 23.0 Å². The van der Waals surface area contributed by atoms with Crippen molar-refractivity contribution in [2.75, 3.05) is 13.7 Å². The van der Waals surface area contributed by atoms with Gasteiger partial charge in [0.25, 0.3) is 0 Å². The first-order chi connectivity index (χ1) is 12.8. The molecule has 5 unspecified atom stereocenters. The fourth-order valence-electron chi connectivity index (χ4n) is 2.80. The lowest BCUT2D eigenvalue weighted by Gasteiger charge is -2.39. The standard InChI is InChI=1S/C16H18O11/c1-24-15-11(22)10(21)13-5(2-3-7(18)26-13)14(15)27-16-12(23)9(20)8(19)6(4-17)25-16/h2-3,6,8-9,12,16-17,19-23H,4H2,1H3. The van der Waals surface area contributed by atoms with Crippen molar-refractivity contribution in [2.45, 2.75) is 30.7 Å². The molecule has 0 saturated carbocycles. The zero-order valence-corrected chi connectivity index (χ0v) is 14.0. The Kier molecular flexibility index (Phi) is 5.13. The average molecular weight is 386 g/mol. The molecule has 0 bridgehead atoms. The van der Waals surface area contributed by atoms with Gasteiger partial charge in [-0.2, -0.15) is 0 Å². The van der Waals surface area contributed by atoms with Crippen LogP contribution in [0.4, 0.5) is 0 Å². The molecule has 1 aliphatic heterocycles. The summed E-state index contributed by atoms with van der Waals surface area (Å²) < 4.78 is 20.7. The van der Waals surface area contributed by atoms with Crippen LogP contribution in [0.15, 0.2) is 21.3 Å². The number of aliphatic hydroxyl groups excluding tert-OH is 4. The van der Waals surface area contributed by atoms with Crippen molar-refractivity contribution in [1.82, 2.24) is 0 Å². The summed E-state index contributed by atoms with van der Waals surface area (Å²) in [6.45, 7) is -0.668. The minimum atomic E-state index is -1.73. The summed E-state index contributed by atoms with van der Waals surface area (Å²) in [5.41, 5.74) is -1.21. The van der Waals surface area contributed by atoms with Gasteiger partial charge >= 0.3 is 5.63 Å². The van der Waals surface area contributed by atoms with Crippen LogP contribution in [-0.4, -0.2) is 75.1 Å². The predicted molar refractivity (Wildman–Crippen MR) is 86.8 cm³/mol. The molecule has 11 heteroatoms. The van der Waals surface area contributed by atoms with Gasteiger partial charge in [-0.05, 0) is 6.07 Å². The Morgan fingerprint density at radius 1 is 1.04 bits per heavy atom. The normalized spacial score (nSPS) is 28.3. The predicted octanol–water partition coefficient (Wildman–Crippen LogP) is -1.61. The third-order valence-corrected chi connectivity index (χ3v) is 4.23. The van der Waals surface area contributed by atoms with Gasteiger partial charge in [-0.15, -0.1) is 0 Å². The lowest BCUT2D eigenvalue weighted by molar-refractivity contribution is -0.277. The Hall–Kier alpha value is -2.57. The molecule has 11 nitrogen and oxygen atoms in total. The van der Waals surface area contributed by atoms with Crippen LogP contribution < -0.4 is 15.1 Å². The highest BCUT2D eigenvalue weighted by molar-refractivity contribution is 5.94. The maximum Gasteiger partial charge on any atom is 0.336 e. The second-order valence-electron chi connectivity index (χ2n) is 5.87. The van der Waals surface area contributed by atoms with Crippen molar-refractivity contribution < 1.29 is 49.3 Å². The maximum atomic E-state index is 11.4. The molecule has 2 aromatic rings. The lowest BCUT2D eigenvalue weighted by Crippen LogP contribution is -2.60. The van der Waals surface area contributed by atoms with Gasteiger partial charge in [-0.1, -0.05) is 0 Å². The van der Waals surface area contributed by atoms with E-state index in [1.165, 1.54) is 13.2 Å². The fraction of sp³-hybridized carbons (Fsp3) is 0.438. The molecule has 1 aliphatic rings. The topological polar surface area (TPSA) is 179 Å². The Morgan fingerprint density at radius 3 is 2.37 bits per heavy atom. The van der Waals surface area contributed by atoms with E-state index >= 15 is 0 Å². The number of hydrogen-bond acceptors (Lipinski definition) is 11. The van der Waals surface area contributed by atoms with Crippen molar-refractivity contribution in [1.29, 1.82) is 0 Å². The molecule has 0 amide bonds. The molecule has 1 saturated heterocycles. The van der Waals surface area contributed by atoms with E-state index in [2.05, 4.69) is 0 Å². The van der Waals surface area contributed by atoms with E-state index in [9.17, 15) is 35.4 Å². The lowest BCUT2D eigenvalue weighted by atomic mass is 9.99. The van der Waals surface area contributed by atoms with E-state index in [4.69, 9.17) is 18.6 Å². The van der Waals surface area contributed by atoms with E-state index in [0.29, 0.717) is 0 Å². The van der Waals surface area contributed by atoms with Crippen molar-refractivity contribution in [3.05, 3.63) is 22.6 Å². The van der Waals surface area contributed by atoms with E-state index < -0.39 is 60.0 Å². The van der Waals surface area contributed by atoms with Gasteiger partial charge in [0, 0.05) is 6.07 Å². The number of ether oxygens (including phenoxy) is 3. The Balaban J connectivity index is 2.11. The first-order valence-corrected chi connectivity index (χ1v) is 7.83. The molecule has 148 valence electrons. The first-order valence-electron chi connectivity index (χ1n) is 7.83. The number of phenolic OH excluding ortho intramolecular Hbond substituents is 2. The molecule has 1 aromatic carbocycles. The van der Waals surface area contributed by atoms with Gasteiger partial charge in [-0.3, -0.25) is 0 Å². The zero-order valence-electron chi connectivity index (χ0n) is 14.0. The Bertz CT molecular complexity index is 890. The number of aromatic hydroxyl groups is 2. The molecule has 5 atom stereocenters. The fourth-order valence-corrected chi connectivity index (χ4v) is 2.80. The third kappa shape index (κ3) is 3.15. The van der Waals surface area contributed by atoms with E-state index in [-0.39, 0.29) is 16.9 Å². The number of rotatable bonds is 4. The van der Waals surface area contributed by atoms with Crippen molar-refractivity contribution in [2.24, 2.45) is 0 Å². The Labute approximate surface area is 151 Å². The van der Waals surface area contributed by atoms with Crippen LogP contribution in [-0.2, 0) is 4.74 Å². The highest BCUT2D eigenvalue weighted by atomic mass is 16.7. The average Bonchev–Trinajstić information content (AvgIpc) is 2.66. The minimum Gasteiger partial charge on any atom is -0.502 e. The summed E-state index contributed by atoms with van der Waals surface area (Å²) in [5.74, 6) is -2.18. The molecule has 1 fully saturated rings. The number of methoxy groups -OCH3 is 1. The highest BCUT2D eigenvalue weighted by Gasteiger charge is 2.45. The summed E-state index contributed by atoms with van der Waals surface area (Å²) in [4.78, 5) is 11.4. The van der Waals surface area contributed by atoms with Gasteiger partial charge < -0.3 is 49.3 Å². The quantitative estimate of drug-likeness (QED) is 0.263. The number of phenols is 2. The second-order valence-corrected chi connectivity index (χ2v) is 5.87. The number of benzene rings is 1. The summed E-state index contributed by atoms with van der Waals surface area (Å²) in [5, 5.41) is 59.2. The first kappa shape index (κ1) is 19.2. The smallest absolute Gasteiger partial charge is 0.336 e. The van der Waals surface area contributed by atoms with Gasteiger partial charge in [0.05, 0.1) is 19.1 Å². The molecular formula is C16H18O11. The molecular weight excluding hydrogens is 368 g/mol. The highest BCUT2D eigenvalue weighted by Crippen LogP contribution is 2.50.